The monoisotopic (exact) mass is 159 g/mol. The van der Waals surface area contributed by atoms with Crippen LogP contribution in [0, 0.1) is 0 Å². The van der Waals surface area contributed by atoms with E-state index in [1.54, 1.807) is 0 Å². The first-order valence-electron chi connectivity index (χ1n) is 4.47. The van der Waals surface area contributed by atoms with Crippen LogP contribution < -0.4 is 0 Å². The molecule has 0 rings (SSSR count). The smallest absolute Gasteiger partial charge is 0.0822 e. The Morgan fingerprint density at radius 3 is 2.27 bits per heavy atom. The molecule has 0 aliphatic heterocycles. The SMILES string of the molecule is CC(C)OCCCCCC[O]. The molecule has 0 aromatic heterocycles. The number of rotatable bonds is 7. The van der Waals surface area contributed by atoms with Crippen LogP contribution in [0.4, 0.5) is 0 Å². The molecular formula is C9H19O2. The summed E-state index contributed by atoms with van der Waals surface area (Å²) in [5.41, 5.74) is 0. The fourth-order valence-corrected chi connectivity index (χ4v) is 0.877. The van der Waals surface area contributed by atoms with E-state index >= 15 is 0 Å². The summed E-state index contributed by atoms with van der Waals surface area (Å²) in [5, 5.41) is 10.0. The summed E-state index contributed by atoms with van der Waals surface area (Å²) >= 11 is 0. The van der Waals surface area contributed by atoms with E-state index < -0.39 is 0 Å². The maximum Gasteiger partial charge on any atom is 0.0822 e. The number of ether oxygens (including phenoxy) is 1. The van der Waals surface area contributed by atoms with Gasteiger partial charge in [0.1, 0.15) is 0 Å². The third-order valence-corrected chi connectivity index (χ3v) is 1.49. The van der Waals surface area contributed by atoms with Crippen molar-refractivity contribution in [1.29, 1.82) is 0 Å². The van der Waals surface area contributed by atoms with E-state index in [1.807, 2.05) is 13.8 Å². The van der Waals surface area contributed by atoms with Gasteiger partial charge in [0.15, 0.2) is 0 Å². The van der Waals surface area contributed by atoms with E-state index in [1.165, 1.54) is 0 Å². The molecule has 0 heterocycles. The lowest BCUT2D eigenvalue weighted by atomic mass is 10.2. The highest BCUT2D eigenvalue weighted by Crippen LogP contribution is 2.00. The Morgan fingerprint density at radius 2 is 1.73 bits per heavy atom. The second-order valence-electron chi connectivity index (χ2n) is 3.04. The Kier molecular flexibility index (Phi) is 7.96. The molecule has 0 unspecified atom stereocenters. The molecule has 1 radical (unpaired) electrons. The summed E-state index contributed by atoms with van der Waals surface area (Å²) in [6.07, 6.45) is 4.45. The van der Waals surface area contributed by atoms with Crippen molar-refractivity contribution in [3.63, 3.8) is 0 Å². The zero-order chi connectivity index (χ0) is 8.53. The molecule has 0 atom stereocenters. The molecule has 0 aromatic carbocycles. The molecule has 0 N–H and O–H groups in total. The highest BCUT2D eigenvalue weighted by molar-refractivity contribution is 4.42. The molecule has 0 amide bonds. The normalized spacial score (nSPS) is 10.9. The number of hydrogen-bond acceptors (Lipinski definition) is 1. The Labute approximate surface area is 69.6 Å². The van der Waals surface area contributed by atoms with Crippen molar-refractivity contribution in [2.45, 2.75) is 45.6 Å². The Morgan fingerprint density at radius 1 is 1.09 bits per heavy atom. The maximum atomic E-state index is 10.0. The van der Waals surface area contributed by atoms with Crippen molar-refractivity contribution in [1.82, 2.24) is 0 Å². The van der Waals surface area contributed by atoms with Gasteiger partial charge >= 0.3 is 0 Å². The minimum absolute atomic E-state index is 0.0744. The van der Waals surface area contributed by atoms with E-state index in [-0.39, 0.29) is 6.61 Å². The van der Waals surface area contributed by atoms with Crippen LogP contribution in [0.15, 0.2) is 0 Å². The van der Waals surface area contributed by atoms with E-state index in [9.17, 15) is 5.11 Å². The van der Waals surface area contributed by atoms with Gasteiger partial charge in [-0.1, -0.05) is 12.8 Å². The summed E-state index contributed by atoms with van der Waals surface area (Å²) in [6.45, 7) is 5.00. The van der Waals surface area contributed by atoms with Crippen molar-refractivity contribution in [2.75, 3.05) is 13.2 Å². The highest BCUT2D eigenvalue weighted by Gasteiger charge is 1.92. The zero-order valence-electron chi connectivity index (χ0n) is 7.64. The van der Waals surface area contributed by atoms with Gasteiger partial charge in [-0.3, -0.25) is 0 Å². The quantitative estimate of drug-likeness (QED) is 0.524. The number of hydrogen-bond donors (Lipinski definition) is 0. The zero-order valence-corrected chi connectivity index (χ0v) is 7.64. The van der Waals surface area contributed by atoms with Crippen LogP contribution in [0.1, 0.15) is 39.5 Å². The predicted octanol–water partition coefficient (Wildman–Crippen LogP) is 2.40. The van der Waals surface area contributed by atoms with Crippen molar-refractivity contribution >= 4 is 0 Å². The summed E-state index contributed by atoms with van der Waals surface area (Å²) in [5.74, 6) is 0. The lowest BCUT2D eigenvalue weighted by molar-refractivity contribution is 0.0751. The van der Waals surface area contributed by atoms with Crippen molar-refractivity contribution in [3.05, 3.63) is 0 Å². The molecule has 0 spiro atoms. The third kappa shape index (κ3) is 9.92. The van der Waals surface area contributed by atoms with Gasteiger partial charge in [-0.25, -0.2) is 5.11 Å². The van der Waals surface area contributed by atoms with Gasteiger partial charge < -0.3 is 4.74 Å². The maximum absolute atomic E-state index is 10.0. The van der Waals surface area contributed by atoms with E-state index in [0.717, 1.165) is 32.3 Å². The van der Waals surface area contributed by atoms with Crippen LogP contribution in [-0.4, -0.2) is 19.3 Å². The second-order valence-corrected chi connectivity index (χ2v) is 3.04. The summed E-state index contributed by atoms with van der Waals surface area (Å²) in [7, 11) is 0. The van der Waals surface area contributed by atoms with E-state index in [2.05, 4.69) is 0 Å². The second kappa shape index (κ2) is 8.02. The minimum Gasteiger partial charge on any atom is -0.379 e. The molecule has 0 aliphatic carbocycles. The van der Waals surface area contributed by atoms with Crippen LogP contribution in [0.2, 0.25) is 0 Å². The van der Waals surface area contributed by atoms with Crippen molar-refractivity contribution in [3.8, 4) is 0 Å². The first kappa shape index (κ1) is 10.9. The van der Waals surface area contributed by atoms with Crippen LogP contribution in [0.5, 0.6) is 0 Å². The largest absolute Gasteiger partial charge is 0.379 e. The fraction of sp³-hybridized carbons (Fsp3) is 1.00. The van der Waals surface area contributed by atoms with Gasteiger partial charge in [-0.2, -0.15) is 0 Å². The van der Waals surface area contributed by atoms with E-state index in [4.69, 9.17) is 4.74 Å². The van der Waals surface area contributed by atoms with Gasteiger partial charge in [-0.05, 0) is 26.7 Å². The van der Waals surface area contributed by atoms with Crippen LogP contribution in [0.25, 0.3) is 0 Å². The highest BCUT2D eigenvalue weighted by atomic mass is 16.5. The Hall–Kier alpha value is -0.0800. The molecule has 2 nitrogen and oxygen atoms in total. The van der Waals surface area contributed by atoms with Gasteiger partial charge in [0, 0.05) is 6.61 Å². The van der Waals surface area contributed by atoms with Gasteiger partial charge in [-0.15, -0.1) is 0 Å². The molecule has 0 fully saturated rings. The minimum atomic E-state index is 0.0744. The Bertz CT molecular complexity index is 72.0. The lowest BCUT2D eigenvalue weighted by Crippen LogP contribution is -2.03. The molecule has 67 valence electrons. The summed E-state index contributed by atoms with van der Waals surface area (Å²) < 4.78 is 5.34. The molecule has 0 aliphatic rings. The molecule has 2 heteroatoms. The molecule has 0 bridgehead atoms. The van der Waals surface area contributed by atoms with Crippen molar-refractivity contribution in [2.24, 2.45) is 0 Å². The van der Waals surface area contributed by atoms with Crippen LogP contribution in [-0.2, 0) is 9.84 Å². The molecular weight excluding hydrogens is 140 g/mol. The third-order valence-electron chi connectivity index (χ3n) is 1.49. The molecule has 11 heavy (non-hydrogen) atoms. The molecule has 0 saturated heterocycles. The molecule has 0 saturated carbocycles. The average Bonchev–Trinajstić information content (AvgIpc) is 1.96. The predicted molar refractivity (Wildman–Crippen MR) is 45.1 cm³/mol. The standard InChI is InChI=1S/C9H19O2/c1-9(2)11-8-6-4-3-5-7-10/h9H,3-8H2,1-2H3. The van der Waals surface area contributed by atoms with Gasteiger partial charge in [0.05, 0.1) is 12.7 Å². The first-order valence-corrected chi connectivity index (χ1v) is 4.47. The van der Waals surface area contributed by atoms with Gasteiger partial charge in [0.25, 0.3) is 0 Å². The summed E-state index contributed by atoms with van der Waals surface area (Å²) in [4.78, 5) is 0. The van der Waals surface area contributed by atoms with E-state index in [0.29, 0.717) is 6.10 Å². The van der Waals surface area contributed by atoms with Crippen LogP contribution in [0.3, 0.4) is 0 Å². The topological polar surface area (TPSA) is 29.1 Å². The van der Waals surface area contributed by atoms with Gasteiger partial charge in [0.2, 0.25) is 0 Å². The van der Waals surface area contributed by atoms with Crippen LogP contribution >= 0.6 is 0 Å². The lowest BCUT2D eigenvalue weighted by Gasteiger charge is -2.06. The first-order chi connectivity index (χ1) is 5.27. The van der Waals surface area contributed by atoms with Crippen molar-refractivity contribution < 1.29 is 9.84 Å². The average molecular weight is 159 g/mol. The molecule has 0 aromatic rings. The number of unbranched alkanes of at least 4 members (excludes halogenated alkanes) is 3. The fourth-order valence-electron chi connectivity index (χ4n) is 0.877. The summed E-state index contributed by atoms with van der Waals surface area (Å²) in [6, 6.07) is 0. The Balaban J connectivity index is 2.80.